The second-order valence-corrected chi connectivity index (χ2v) is 15.1. The molecule has 0 bridgehead atoms. The smallest absolute Gasteiger partial charge is 0.135 e. The molecule has 3 heteroatoms. The molecule has 0 fully saturated rings. The average Bonchev–Trinajstić information content (AvgIpc) is 3.83. The highest BCUT2D eigenvalue weighted by Crippen LogP contribution is 2.48. The molecule has 0 aliphatic carbocycles. The Hall–Kier alpha value is -6.94. The van der Waals surface area contributed by atoms with Crippen molar-refractivity contribution in [2.24, 2.45) is 0 Å². The molecule has 55 heavy (non-hydrogen) atoms. The molecule has 0 saturated carbocycles. The first-order chi connectivity index (χ1) is 27.3. The Kier molecular flexibility index (Phi) is 7.39. The van der Waals surface area contributed by atoms with Gasteiger partial charge in [0, 0.05) is 37.6 Å². The third-order valence-corrected chi connectivity index (χ3v) is 12.1. The predicted molar refractivity (Wildman–Crippen MR) is 235 cm³/mol. The molecule has 11 rings (SSSR count). The molecule has 0 radical (unpaired) electrons. The van der Waals surface area contributed by atoms with Crippen LogP contribution in [0.15, 0.2) is 205 Å². The first-order valence-corrected chi connectivity index (χ1v) is 19.5. The molecule has 0 amide bonds. The van der Waals surface area contributed by atoms with Gasteiger partial charge in [0.25, 0.3) is 0 Å². The third kappa shape index (κ3) is 5.32. The molecule has 0 aliphatic rings. The summed E-state index contributed by atoms with van der Waals surface area (Å²) < 4.78 is 8.69. The van der Waals surface area contributed by atoms with Crippen LogP contribution in [-0.4, -0.2) is 0 Å². The van der Waals surface area contributed by atoms with Crippen molar-refractivity contribution in [3.8, 4) is 33.4 Å². The third-order valence-electron chi connectivity index (χ3n) is 10.9. The van der Waals surface area contributed by atoms with Gasteiger partial charge in [-0.25, -0.2) is 0 Å². The van der Waals surface area contributed by atoms with Crippen LogP contribution in [0.25, 0.3) is 86.3 Å². The van der Waals surface area contributed by atoms with Gasteiger partial charge in [0.1, 0.15) is 11.2 Å². The van der Waals surface area contributed by atoms with E-state index in [4.69, 9.17) is 4.42 Å². The van der Waals surface area contributed by atoms with Crippen molar-refractivity contribution in [3.05, 3.63) is 200 Å². The Morgan fingerprint density at radius 2 is 1.00 bits per heavy atom. The quantitative estimate of drug-likeness (QED) is 0.170. The molecule has 0 atom stereocenters. The van der Waals surface area contributed by atoms with Crippen LogP contribution < -0.4 is 4.90 Å². The van der Waals surface area contributed by atoms with Crippen LogP contribution in [0.2, 0.25) is 0 Å². The van der Waals surface area contributed by atoms with Gasteiger partial charge in [0.05, 0.1) is 10.4 Å². The molecule has 0 N–H and O–H groups in total. The number of rotatable bonds is 6. The van der Waals surface area contributed by atoms with Crippen LogP contribution in [0.1, 0.15) is 0 Å². The Balaban J connectivity index is 1.08. The molecule has 2 aromatic heterocycles. The van der Waals surface area contributed by atoms with Crippen LogP contribution >= 0.6 is 11.3 Å². The zero-order chi connectivity index (χ0) is 36.3. The lowest BCUT2D eigenvalue weighted by Gasteiger charge is -2.27. The van der Waals surface area contributed by atoms with Gasteiger partial charge in [-0.1, -0.05) is 146 Å². The number of thiophene rings is 1. The number of hydrogen-bond acceptors (Lipinski definition) is 3. The molecule has 0 unspecified atom stereocenters. The van der Waals surface area contributed by atoms with Crippen LogP contribution in [0.5, 0.6) is 0 Å². The average molecular weight is 720 g/mol. The van der Waals surface area contributed by atoms with Gasteiger partial charge in [0.2, 0.25) is 0 Å². The highest BCUT2D eigenvalue weighted by Gasteiger charge is 2.21. The van der Waals surface area contributed by atoms with Crippen molar-refractivity contribution >= 4 is 81.3 Å². The summed E-state index contributed by atoms with van der Waals surface area (Å²) in [7, 11) is 0. The van der Waals surface area contributed by atoms with Crippen molar-refractivity contribution in [1.82, 2.24) is 0 Å². The summed E-state index contributed by atoms with van der Waals surface area (Å²) in [6.45, 7) is 0. The number of furan rings is 1. The summed E-state index contributed by atoms with van der Waals surface area (Å²) >= 11 is 1.87. The fourth-order valence-corrected chi connectivity index (χ4v) is 9.48. The molecule has 0 spiro atoms. The standard InChI is InChI=1S/C52H33NOS/c1-2-11-36(12-3-1)43-30-31-47(52-51(43)45-17-7-9-20-50(45)55-52)53(40-28-23-37(24-29-40)42-18-10-14-35-13-4-5-15-41(35)42)39-26-21-34(22-27-39)38-25-32-49-46(33-38)44-16-6-8-19-48(44)54-49/h1-33H. The highest BCUT2D eigenvalue weighted by atomic mass is 32.1. The van der Waals surface area contributed by atoms with Gasteiger partial charge in [-0.15, -0.1) is 11.3 Å². The number of hydrogen-bond donors (Lipinski definition) is 0. The summed E-state index contributed by atoms with van der Waals surface area (Å²) in [5.74, 6) is 0. The summed E-state index contributed by atoms with van der Waals surface area (Å²) in [5, 5.41) is 7.36. The van der Waals surface area contributed by atoms with Crippen molar-refractivity contribution in [2.45, 2.75) is 0 Å². The number of nitrogens with zero attached hydrogens (tertiary/aromatic N) is 1. The molecule has 0 saturated heterocycles. The molecule has 258 valence electrons. The van der Waals surface area contributed by atoms with E-state index in [1.807, 2.05) is 23.5 Å². The topological polar surface area (TPSA) is 16.4 Å². The second-order valence-electron chi connectivity index (χ2n) is 14.1. The fourth-order valence-electron chi connectivity index (χ4n) is 8.25. The molecule has 9 aromatic carbocycles. The fraction of sp³-hybridized carbons (Fsp3) is 0. The van der Waals surface area contributed by atoms with Crippen molar-refractivity contribution in [3.63, 3.8) is 0 Å². The van der Waals surface area contributed by atoms with Crippen molar-refractivity contribution in [2.75, 3.05) is 4.90 Å². The number of fused-ring (bicyclic) bond motifs is 7. The van der Waals surface area contributed by atoms with Gasteiger partial charge in [-0.2, -0.15) is 0 Å². The summed E-state index contributed by atoms with van der Waals surface area (Å²) in [6, 6.07) is 72.2. The lowest BCUT2D eigenvalue weighted by Crippen LogP contribution is -2.10. The summed E-state index contributed by atoms with van der Waals surface area (Å²) in [6.07, 6.45) is 0. The lowest BCUT2D eigenvalue weighted by molar-refractivity contribution is 0.669. The van der Waals surface area contributed by atoms with E-state index in [9.17, 15) is 0 Å². The van der Waals surface area contributed by atoms with Crippen LogP contribution in [-0.2, 0) is 0 Å². The molecular formula is C52H33NOS. The molecule has 2 nitrogen and oxygen atoms in total. The molecular weight excluding hydrogens is 687 g/mol. The van der Waals surface area contributed by atoms with E-state index in [1.54, 1.807) is 0 Å². The minimum absolute atomic E-state index is 0.908. The van der Waals surface area contributed by atoms with E-state index in [0.29, 0.717) is 0 Å². The zero-order valence-corrected chi connectivity index (χ0v) is 30.6. The molecule has 2 heterocycles. The highest BCUT2D eigenvalue weighted by molar-refractivity contribution is 7.26. The zero-order valence-electron chi connectivity index (χ0n) is 29.8. The Bertz CT molecular complexity index is 3190. The van der Waals surface area contributed by atoms with E-state index in [0.717, 1.165) is 50.1 Å². The van der Waals surface area contributed by atoms with Crippen molar-refractivity contribution < 1.29 is 4.42 Å². The van der Waals surface area contributed by atoms with Gasteiger partial charge < -0.3 is 9.32 Å². The maximum absolute atomic E-state index is 6.14. The largest absolute Gasteiger partial charge is 0.456 e. The Labute approximate surface area is 322 Å². The summed E-state index contributed by atoms with van der Waals surface area (Å²) in [5.41, 5.74) is 12.4. The predicted octanol–water partition coefficient (Wildman–Crippen LogP) is 15.6. The van der Waals surface area contributed by atoms with Crippen LogP contribution in [0.3, 0.4) is 0 Å². The van der Waals surface area contributed by atoms with Crippen LogP contribution in [0.4, 0.5) is 17.1 Å². The van der Waals surface area contributed by atoms with Gasteiger partial charge in [-0.3, -0.25) is 0 Å². The second kappa shape index (κ2) is 12.9. The SMILES string of the molecule is c1ccc(-c2ccc(N(c3ccc(-c4ccc5oc6ccccc6c5c4)cc3)c3ccc(-c4cccc5ccccc45)cc3)c3sc4ccccc4c23)cc1. The minimum atomic E-state index is 0.908. The van der Waals surface area contributed by atoms with Gasteiger partial charge in [0.15, 0.2) is 0 Å². The molecule has 0 aliphatic heterocycles. The van der Waals surface area contributed by atoms with E-state index in [1.165, 1.54) is 53.2 Å². The Morgan fingerprint density at radius 1 is 0.382 bits per heavy atom. The first kappa shape index (κ1) is 31.6. The van der Waals surface area contributed by atoms with E-state index in [2.05, 4.69) is 193 Å². The Morgan fingerprint density at radius 3 is 1.82 bits per heavy atom. The van der Waals surface area contributed by atoms with Gasteiger partial charge >= 0.3 is 0 Å². The lowest BCUT2D eigenvalue weighted by atomic mass is 9.97. The number of para-hydroxylation sites is 1. The number of benzene rings is 9. The van der Waals surface area contributed by atoms with E-state index < -0.39 is 0 Å². The summed E-state index contributed by atoms with van der Waals surface area (Å²) in [4.78, 5) is 2.43. The maximum Gasteiger partial charge on any atom is 0.135 e. The van der Waals surface area contributed by atoms with Crippen LogP contribution in [0, 0.1) is 0 Å². The van der Waals surface area contributed by atoms with E-state index in [-0.39, 0.29) is 0 Å². The number of anilines is 3. The maximum atomic E-state index is 6.14. The van der Waals surface area contributed by atoms with Crippen molar-refractivity contribution in [1.29, 1.82) is 0 Å². The normalized spacial score (nSPS) is 11.6. The van der Waals surface area contributed by atoms with Gasteiger partial charge in [-0.05, 0) is 98.8 Å². The molecule has 11 aromatic rings. The minimum Gasteiger partial charge on any atom is -0.456 e. The first-order valence-electron chi connectivity index (χ1n) is 18.7. The van der Waals surface area contributed by atoms with E-state index >= 15 is 0 Å². The monoisotopic (exact) mass is 719 g/mol.